The lowest BCUT2D eigenvalue weighted by atomic mass is 10.4. The van der Waals surface area contributed by atoms with Crippen molar-refractivity contribution in [3.63, 3.8) is 0 Å². The molecule has 3 aromatic rings. The number of hydrogen-bond acceptors (Lipinski definition) is 1. The standard InChI is InChI=1S/C21H18NP/c1-18(17-22)23(19-11-5-2-6-12-19,20-13-7-3-8-14-20)21-15-9-4-10-16-21/h2-16H,1H3. The Labute approximate surface area is 137 Å². The molecule has 0 heterocycles. The normalized spacial score (nSPS) is 10.8. The molecule has 1 nitrogen and oxygen atoms in total. The van der Waals surface area contributed by atoms with E-state index in [1.165, 1.54) is 15.9 Å². The molecule has 0 aliphatic rings. The molecule has 23 heavy (non-hydrogen) atoms. The Kier molecular flexibility index (Phi) is 4.47. The van der Waals surface area contributed by atoms with Gasteiger partial charge >= 0.3 is 0 Å². The number of nitrogens with zero attached hydrogens (tertiary/aromatic N) is 1. The smallest absolute Gasteiger partial charge is 0.0955 e. The van der Waals surface area contributed by atoms with E-state index in [9.17, 15) is 5.26 Å². The van der Waals surface area contributed by atoms with Gasteiger partial charge in [-0.2, -0.15) is 5.26 Å². The molecule has 0 radical (unpaired) electrons. The summed E-state index contributed by atoms with van der Waals surface area (Å²) in [6.07, 6.45) is 0. The van der Waals surface area contributed by atoms with Crippen molar-refractivity contribution >= 4 is 28.1 Å². The highest BCUT2D eigenvalue weighted by Crippen LogP contribution is 2.45. The van der Waals surface area contributed by atoms with Crippen LogP contribution in [-0.2, 0) is 0 Å². The van der Waals surface area contributed by atoms with Crippen LogP contribution in [-0.4, -0.2) is 5.29 Å². The number of benzene rings is 3. The van der Waals surface area contributed by atoms with Gasteiger partial charge in [0.25, 0.3) is 0 Å². The summed E-state index contributed by atoms with van der Waals surface area (Å²) in [4.78, 5) is 0. The second-order valence-corrected chi connectivity index (χ2v) is 8.94. The van der Waals surface area contributed by atoms with Gasteiger partial charge in [-0.3, -0.25) is 0 Å². The predicted molar refractivity (Wildman–Crippen MR) is 101 cm³/mol. The molecule has 0 amide bonds. The largest absolute Gasteiger partial charge is 0.193 e. The predicted octanol–water partition coefficient (Wildman–Crippen LogP) is 3.70. The average Bonchev–Trinajstić information content (AvgIpc) is 2.65. The van der Waals surface area contributed by atoms with Crippen LogP contribution in [0.2, 0.25) is 0 Å². The fourth-order valence-corrected chi connectivity index (χ4v) is 7.12. The number of hydrogen-bond donors (Lipinski definition) is 0. The molecule has 0 spiro atoms. The van der Waals surface area contributed by atoms with Crippen molar-refractivity contribution in [2.75, 3.05) is 0 Å². The summed E-state index contributed by atoms with van der Waals surface area (Å²) >= 11 is 0. The number of nitriles is 1. The second kappa shape index (κ2) is 6.69. The SMILES string of the molecule is CC(C#N)=P(c1ccccc1)(c1ccccc1)c1ccccc1. The highest BCUT2D eigenvalue weighted by atomic mass is 31.2. The van der Waals surface area contributed by atoms with Crippen LogP contribution in [0.1, 0.15) is 6.92 Å². The summed E-state index contributed by atoms with van der Waals surface area (Å²) in [5.74, 6) is 0. The van der Waals surface area contributed by atoms with Crippen molar-refractivity contribution in [3.8, 4) is 6.07 Å². The lowest BCUT2D eigenvalue weighted by molar-refractivity contribution is 1.55. The van der Waals surface area contributed by atoms with Gasteiger partial charge in [0.15, 0.2) is 0 Å². The Bertz CT molecular complexity index is 772. The Balaban J connectivity index is 2.50. The van der Waals surface area contributed by atoms with Gasteiger partial charge in [0.05, 0.1) is 6.07 Å². The van der Waals surface area contributed by atoms with Gasteiger partial charge in [0.2, 0.25) is 0 Å². The molecule has 0 fully saturated rings. The van der Waals surface area contributed by atoms with E-state index in [4.69, 9.17) is 0 Å². The van der Waals surface area contributed by atoms with E-state index in [2.05, 4.69) is 78.9 Å². The maximum absolute atomic E-state index is 9.80. The molecule has 2 heteroatoms. The minimum absolute atomic E-state index is 0.876. The molecule has 3 aromatic carbocycles. The molecule has 3 rings (SSSR count). The summed E-state index contributed by atoms with van der Waals surface area (Å²) < 4.78 is 0. The van der Waals surface area contributed by atoms with Crippen LogP contribution < -0.4 is 15.9 Å². The fourth-order valence-electron chi connectivity index (χ4n) is 3.06. The Morgan fingerprint density at radius 2 is 0.957 bits per heavy atom. The molecular formula is C21H18NP. The van der Waals surface area contributed by atoms with Gasteiger partial charge in [-0.15, -0.1) is 0 Å². The molecule has 112 valence electrons. The summed E-state index contributed by atoms with van der Waals surface area (Å²) in [6.45, 7) is -0.116. The van der Waals surface area contributed by atoms with E-state index in [0.29, 0.717) is 0 Å². The third-order valence-corrected chi connectivity index (χ3v) is 8.42. The zero-order valence-electron chi connectivity index (χ0n) is 13.1. The van der Waals surface area contributed by atoms with Crippen LogP contribution >= 0.6 is 6.89 Å². The van der Waals surface area contributed by atoms with Gasteiger partial charge in [-0.05, 0) is 29.7 Å². The van der Waals surface area contributed by atoms with Gasteiger partial charge in [-0.1, -0.05) is 91.0 Å². The Morgan fingerprint density at radius 3 is 1.22 bits per heavy atom. The summed E-state index contributed by atoms with van der Waals surface area (Å²) in [5, 5.41) is 14.3. The van der Waals surface area contributed by atoms with Crippen LogP contribution in [0.15, 0.2) is 91.0 Å². The van der Waals surface area contributed by atoms with Crippen molar-refractivity contribution in [1.29, 1.82) is 5.26 Å². The lowest BCUT2D eigenvalue weighted by Crippen LogP contribution is -2.29. The maximum Gasteiger partial charge on any atom is 0.0955 e. The highest BCUT2D eigenvalue weighted by molar-refractivity contribution is 7.95. The van der Waals surface area contributed by atoms with E-state index in [0.717, 1.165) is 5.29 Å². The molecule has 0 aromatic heterocycles. The lowest BCUT2D eigenvalue weighted by Gasteiger charge is -2.29. The Morgan fingerprint density at radius 1 is 0.652 bits per heavy atom. The molecule has 0 unspecified atom stereocenters. The van der Waals surface area contributed by atoms with E-state index >= 15 is 0 Å². The molecule has 0 atom stereocenters. The van der Waals surface area contributed by atoms with Crippen LogP contribution in [0, 0.1) is 11.3 Å². The third-order valence-electron chi connectivity index (χ3n) is 4.10. The van der Waals surface area contributed by atoms with Crippen LogP contribution in [0.25, 0.3) is 0 Å². The molecule has 0 saturated carbocycles. The monoisotopic (exact) mass is 315 g/mol. The maximum atomic E-state index is 9.80. The van der Waals surface area contributed by atoms with E-state index in [1.54, 1.807) is 0 Å². The first-order chi connectivity index (χ1) is 11.3. The summed E-state index contributed by atoms with van der Waals surface area (Å²) in [7, 11) is 0. The first-order valence-electron chi connectivity index (χ1n) is 7.60. The van der Waals surface area contributed by atoms with E-state index in [-0.39, 0.29) is 0 Å². The van der Waals surface area contributed by atoms with Crippen molar-refractivity contribution in [3.05, 3.63) is 91.0 Å². The van der Waals surface area contributed by atoms with Crippen LogP contribution in [0.5, 0.6) is 0 Å². The first kappa shape index (κ1) is 15.3. The zero-order valence-corrected chi connectivity index (χ0v) is 13.9. The molecular weight excluding hydrogens is 297 g/mol. The third kappa shape index (κ3) is 2.63. The topological polar surface area (TPSA) is 23.8 Å². The summed E-state index contributed by atoms with van der Waals surface area (Å²) in [6, 6.07) is 33.8. The van der Waals surface area contributed by atoms with E-state index in [1.807, 2.05) is 25.1 Å². The minimum atomic E-state index is -2.09. The van der Waals surface area contributed by atoms with Gasteiger partial charge in [-0.25, -0.2) is 0 Å². The van der Waals surface area contributed by atoms with Gasteiger partial charge in [0, 0.05) is 5.29 Å². The molecule has 0 N–H and O–H groups in total. The highest BCUT2D eigenvalue weighted by Gasteiger charge is 2.27. The Hall–Kier alpha value is -2.55. The van der Waals surface area contributed by atoms with Crippen molar-refractivity contribution in [2.45, 2.75) is 6.92 Å². The molecule has 0 aliphatic carbocycles. The summed E-state index contributed by atoms with van der Waals surface area (Å²) in [5.41, 5.74) is 0. The van der Waals surface area contributed by atoms with Crippen LogP contribution in [0.3, 0.4) is 0 Å². The fraction of sp³-hybridized carbons (Fsp3) is 0.0476. The van der Waals surface area contributed by atoms with Crippen molar-refractivity contribution < 1.29 is 0 Å². The van der Waals surface area contributed by atoms with Gasteiger partial charge in [0.1, 0.15) is 0 Å². The number of rotatable bonds is 3. The zero-order chi connectivity index (χ0) is 16.1. The van der Waals surface area contributed by atoms with Crippen LogP contribution in [0.4, 0.5) is 0 Å². The van der Waals surface area contributed by atoms with Crippen molar-refractivity contribution in [2.24, 2.45) is 0 Å². The van der Waals surface area contributed by atoms with Crippen molar-refractivity contribution in [1.82, 2.24) is 0 Å². The molecule has 0 aliphatic heterocycles. The average molecular weight is 315 g/mol. The molecule has 0 bridgehead atoms. The quantitative estimate of drug-likeness (QED) is 0.676. The first-order valence-corrected chi connectivity index (χ1v) is 9.39. The second-order valence-electron chi connectivity index (χ2n) is 5.37. The molecule has 0 saturated heterocycles. The minimum Gasteiger partial charge on any atom is -0.193 e. The van der Waals surface area contributed by atoms with Gasteiger partial charge < -0.3 is 0 Å². The van der Waals surface area contributed by atoms with E-state index < -0.39 is 6.89 Å².